The summed E-state index contributed by atoms with van der Waals surface area (Å²) < 4.78 is 1.73. The van der Waals surface area contributed by atoms with E-state index >= 15 is 0 Å². The average molecular weight is 256 g/mol. The molecule has 0 atom stereocenters. The molecule has 1 aliphatic rings. The topological polar surface area (TPSA) is 72.9 Å². The second-order valence-electron chi connectivity index (χ2n) is 4.91. The van der Waals surface area contributed by atoms with Crippen LogP contribution in [-0.2, 0) is 4.79 Å². The molecule has 0 spiro atoms. The van der Waals surface area contributed by atoms with E-state index in [1.165, 1.54) is 0 Å². The molecule has 5 heteroatoms. The van der Waals surface area contributed by atoms with Gasteiger partial charge in [0.1, 0.15) is 0 Å². The Labute approximate surface area is 111 Å². The van der Waals surface area contributed by atoms with Gasteiger partial charge in [0.25, 0.3) is 0 Å². The van der Waals surface area contributed by atoms with Gasteiger partial charge in [0, 0.05) is 18.9 Å². The zero-order chi connectivity index (χ0) is 13.3. The number of para-hydroxylation sites is 2. The molecular formula is C14H16N4O. The number of benzene rings is 1. The van der Waals surface area contributed by atoms with Crippen LogP contribution in [0.5, 0.6) is 0 Å². The van der Waals surface area contributed by atoms with Gasteiger partial charge < -0.3 is 11.1 Å². The Bertz CT molecular complexity index is 587. The number of nitrogens with zero attached hydrogens (tertiary/aromatic N) is 2. The molecule has 3 N–H and O–H groups in total. The second-order valence-corrected chi connectivity index (χ2v) is 4.91. The minimum absolute atomic E-state index is 0.00889. The highest BCUT2D eigenvalue weighted by Gasteiger charge is 2.48. The molecule has 19 heavy (non-hydrogen) atoms. The van der Waals surface area contributed by atoms with Gasteiger partial charge in [-0.2, -0.15) is 5.10 Å². The van der Waals surface area contributed by atoms with Crippen LogP contribution in [0.2, 0.25) is 0 Å². The largest absolute Gasteiger partial charge is 0.329 e. The first-order valence-electron chi connectivity index (χ1n) is 6.36. The van der Waals surface area contributed by atoms with Crippen LogP contribution in [0.4, 0.5) is 5.69 Å². The number of nitrogens with one attached hydrogen (secondary N) is 1. The fraction of sp³-hybridized carbons (Fsp3) is 0.286. The van der Waals surface area contributed by atoms with Crippen LogP contribution in [0.15, 0.2) is 42.7 Å². The van der Waals surface area contributed by atoms with Gasteiger partial charge in [-0.05, 0) is 31.0 Å². The number of anilines is 1. The van der Waals surface area contributed by atoms with Crippen molar-refractivity contribution in [3.63, 3.8) is 0 Å². The SMILES string of the molecule is NCC1(C(=O)Nc2ccccc2-n2cccn2)CC1. The second kappa shape index (κ2) is 4.51. The summed E-state index contributed by atoms with van der Waals surface area (Å²) in [6.45, 7) is 0.406. The molecule has 1 aliphatic carbocycles. The molecule has 1 fully saturated rings. The quantitative estimate of drug-likeness (QED) is 0.871. The highest BCUT2D eigenvalue weighted by Crippen LogP contribution is 2.45. The summed E-state index contributed by atoms with van der Waals surface area (Å²) in [7, 11) is 0. The maximum Gasteiger partial charge on any atom is 0.231 e. The zero-order valence-electron chi connectivity index (χ0n) is 10.5. The van der Waals surface area contributed by atoms with E-state index in [-0.39, 0.29) is 11.3 Å². The van der Waals surface area contributed by atoms with Crippen molar-refractivity contribution in [3.05, 3.63) is 42.7 Å². The lowest BCUT2D eigenvalue weighted by atomic mass is 10.1. The lowest BCUT2D eigenvalue weighted by molar-refractivity contribution is -0.120. The lowest BCUT2D eigenvalue weighted by Gasteiger charge is -2.15. The van der Waals surface area contributed by atoms with Gasteiger partial charge in [0.05, 0.1) is 16.8 Å². The Morgan fingerprint density at radius 2 is 2.16 bits per heavy atom. The summed E-state index contributed by atoms with van der Waals surface area (Å²) in [5.74, 6) is 0.00889. The van der Waals surface area contributed by atoms with Crippen LogP contribution in [0.25, 0.3) is 5.69 Å². The predicted octanol–water partition coefficient (Wildman–Crippen LogP) is 1.55. The Morgan fingerprint density at radius 3 is 2.79 bits per heavy atom. The van der Waals surface area contributed by atoms with E-state index in [1.807, 2.05) is 36.5 Å². The van der Waals surface area contributed by atoms with E-state index in [9.17, 15) is 4.79 Å². The van der Waals surface area contributed by atoms with Crippen LogP contribution in [-0.4, -0.2) is 22.2 Å². The number of hydrogen-bond donors (Lipinski definition) is 2. The molecule has 1 saturated carbocycles. The van der Waals surface area contributed by atoms with Gasteiger partial charge in [-0.15, -0.1) is 0 Å². The lowest BCUT2D eigenvalue weighted by Crippen LogP contribution is -2.31. The molecule has 3 rings (SSSR count). The summed E-state index contributed by atoms with van der Waals surface area (Å²) in [6, 6.07) is 9.46. The Balaban J connectivity index is 1.88. The van der Waals surface area contributed by atoms with E-state index in [4.69, 9.17) is 5.73 Å². The first-order valence-corrected chi connectivity index (χ1v) is 6.36. The van der Waals surface area contributed by atoms with Gasteiger partial charge >= 0.3 is 0 Å². The number of carbonyl (C=O) groups is 1. The summed E-state index contributed by atoms with van der Waals surface area (Å²) in [6.07, 6.45) is 5.31. The maximum atomic E-state index is 12.2. The normalized spacial score (nSPS) is 16.1. The van der Waals surface area contributed by atoms with Crippen molar-refractivity contribution in [2.24, 2.45) is 11.1 Å². The third kappa shape index (κ3) is 2.13. The van der Waals surface area contributed by atoms with Crippen molar-refractivity contribution >= 4 is 11.6 Å². The predicted molar refractivity (Wildman–Crippen MR) is 72.9 cm³/mol. The highest BCUT2D eigenvalue weighted by molar-refractivity contribution is 5.98. The van der Waals surface area contributed by atoms with E-state index in [1.54, 1.807) is 10.9 Å². The first-order chi connectivity index (χ1) is 9.25. The number of carbonyl (C=O) groups excluding carboxylic acids is 1. The Kier molecular flexibility index (Phi) is 2.83. The van der Waals surface area contributed by atoms with Gasteiger partial charge in [0.2, 0.25) is 5.91 Å². The van der Waals surface area contributed by atoms with Crippen LogP contribution in [0.1, 0.15) is 12.8 Å². The molecule has 98 valence electrons. The number of nitrogens with two attached hydrogens (primary N) is 1. The van der Waals surface area contributed by atoms with Crippen molar-refractivity contribution in [2.45, 2.75) is 12.8 Å². The van der Waals surface area contributed by atoms with E-state index in [0.717, 1.165) is 24.2 Å². The van der Waals surface area contributed by atoms with Crippen LogP contribution in [0, 0.1) is 5.41 Å². The monoisotopic (exact) mass is 256 g/mol. The molecule has 1 aromatic heterocycles. The number of aromatic nitrogens is 2. The summed E-state index contributed by atoms with van der Waals surface area (Å²) in [4.78, 5) is 12.2. The molecule has 1 heterocycles. The Hall–Kier alpha value is -2.14. The molecule has 5 nitrogen and oxygen atoms in total. The third-order valence-corrected chi connectivity index (χ3v) is 3.63. The molecular weight excluding hydrogens is 240 g/mol. The summed E-state index contributed by atoms with van der Waals surface area (Å²) >= 11 is 0. The van der Waals surface area contributed by atoms with Crippen LogP contribution in [0.3, 0.4) is 0 Å². The number of rotatable bonds is 4. The van der Waals surface area contributed by atoms with Gasteiger partial charge in [0.15, 0.2) is 0 Å². The molecule has 1 amide bonds. The van der Waals surface area contributed by atoms with Crippen molar-refractivity contribution in [3.8, 4) is 5.69 Å². The highest BCUT2D eigenvalue weighted by atomic mass is 16.2. The molecule has 0 aliphatic heterocycles. The third-order valence-electron chi connectivity index (χ3n) is 3.63. The fourth-order valence-electron chi connectivity index (χ4n) is 2.12. The summed E-state index contributed by atoms with van der Waals surface area (Å²) in [5, 5.41) is 7.17. The van der Waals surface area contributed by atoms with Crippen molar-refractivity contribution < 1.29 is 4.79 Å². The molecule has 0 saturated heterocycles. The van der Waals surface area contributed by atoms with Crippen LogP contribution >= 0.6 is 0 Å². The molecule has 1 aromatic carbocycles. The van der Waals surface area contributed by atoms with E-state index in [0.29, 0.717) is 6.54 Å². The molecule has 2 aromatic rings. The van der Waals surface area contributed by atoms with Gasteiger partial charge in [-0.25, -0.2) is 4.68 Å². The molecule has 0 radical (unpaired) electrons. The average Bonchev–Trinajstić information content (AvgIpc) is 3.06. The van der Waals surface area contributed by atoms with Crippen LogP contribution < -0.4 is 11.1 Å². The van der Waals surface area contributed by atoms with Crippen molar-refractivity contribution in [2.75, 3.05) is 11.9 Å². The standard InChI is InChI=1S/C14H16N4O/c15-10-14(6-7-14)13(19)17-11-4-1-2-5-12(11)18-9-3-8-16-18/h1-5,8-9H,6-7,10,15H2,(H,17,19). The first kappa shape index (κ1) is 11.9. The Morgan fingerprint density at radius 1 is 1.37 bits per heavy atom. The van der Waals surface area contributed by atoms with E-state index < -0.39 is 0 Å². The minimum Gasteiger partial charge on any atom is -0.329 e. The van der Waals surface area contributed by atoms with Crippen molar-refractivity contribution in [1.82, 2.24) is 9.78 Å². The zero-order valence-corrected chi connectivity index (χ0v) is 10.5. The minimum atomic E-state index is -0.350. The molecule has 0 bridgehead atoms. The van der Waals surface area contributed by atoms with Gasteiger partial charge in [-0.3, -0.25) is 4.79 Å². The fourth-order valence-corrected chi connectivity index (χ4v) is 2.12. The van der Waals surface area contributed by atoms with Gasteiger partial charge in [-0.1, -0.05) is 12.1 Å². The van der Waals surface area contributed by atoms with Crippen molar-refractivity contribution in [1.29, 1.82) is 0 Å². The number of hydrogen-bond acceptors (Lipinski definition) is 3. The molecule has 0 unspecified atom stereocenters. The van der Waals surface area contributed by atoms with E-state index in [2.05, 4.69) is 10.4 Å². The maximum absolute atomic E-state index is 12.2. The smallest absolute Gasteiger partial charge is 0.231 e. The number of amides is 1. The summed E-state index contributed by atoms with van der Waals surface area (Å²) in [5.41, 5.74) is 6.94.